The number of fused-ring (bicyclic) bond motifs is 1. The minimum Gasteiger partial charge on any atom is -0.392 e. The smallest absolute Gasteiger partial charge is 0.270 e. The van der Waals surface area contributed by atoms with Gasteiger partial charge in [-0.25, -0.2) is 4.98 Å². The predicted octanol–water partition coefficient (Wildman–Crippen LogP) is 3.38. The molecule has 5 nitrogen and oxygen atoms in total. The summed E-state index contributed by atoms with van der Waals surface area (Å²) < 4.78 is 0. The third-order valence-electron chi connectivity index (χ3n) is 5.10. The van der Waals surface area contributed by atoms with Gasteiger partial charge in [0, 0.05) is 31.6 Å². The number of likely N-dealkylation sites (tertiary alicyclic amines) is 1. The number of β-amino-alcohol motifs (C(OH)–C–C–N with tert-alkyl or cyclic N) is 1. The molecule has 0 aliphatic carbocycles. The number of amides is 1. The summed E-state index contributed by atoms with van der Waals surface area (Å²) in [7, 11) is 0. The number of rotatable bonds is 5. The van der Waals surface area contributed by atoms with E-state index < -0.39 is 0 Å². The molecule has 0 bridgehead atoms. The second-order valence-electron chi connectivity index (χ2n) is 7.14. The fraction of sp³-hybridized carbons (Fsp3) is 0.273. The first-order valence-electron chi connectivity index (χ1n) is 9.41. The maximum atomic E-state index is 12.6. The van der Waals surface area contributed by atoms with E-state index in [-0.39, 0.29) is 12.0 Å². The Labute approximate surface area is 169 Å². The first-order chi connectivity index (χ1) is 13.6. The number of aliphatic hydroxyl groups is 1. The van der Waals surface area contributed by atoms with E-state index in [1.165, 1.54) is 0 Å². The van der Waals surface area contributed by atoms with E-state index >= 15 is 0 Å². The molecule has 144 valence electrons. The summed E-state index contributed by atoms with van der Waals surface area (Å²) in [6.07, 6.45) is 0.573. The van der Waals surface area contributed by atoms with Crippen LogP contribution in [0, 0.1) is 0 Å². The summed E-state index contributed by atoms with van der Waals surface area (Å²) in [4.78, 5) is 19.3. The van der Waals surface area contributed by atoms with Crippen LogP contribution in [0.5, 0.6) is 0 Å². The monoisotopic (exact) mass is 395 g/mol. The zero-order chi connectivity index (χ0) is 19.5. The molecular formula is C22H22ClN3O2. The van der Waals surface area contributed by atoms with Gasteiger partial charge in [0.25, 0.3) is 5.91 Å². The van der Waals surface area contributed by atoms with E-state index in [9.17, 15) is 9.90 Å². The van der Waals surface area contributed by atoms with Gasteiger partial charge < -0.3 is 10.4 Å². The van der Waals surface area contributed by atoms with Gasteiger partial charge in [-0.3, -0.25) is 9.69 Å². The second kappa shape index (κ2) is 8.27. The van der Waals surface area contributed by atoms with Crippen molar-refractivity contribution in [2.45, 2.75) is 25.6 Å². The van der Waals surface area contributed by atoms with Crippen molar-refractivity contribution >= 4 is 28.4 Å². The Morgan fingerprint density at radius 3 is 2.71 bits per heavy atom. The molecule has 6 heteroatoms. The van der Waals surface area contributed by atoms with E-state index in [1.54, 1.807) is 6.07 Å². The Hall–Kier alpha value is -2.47. The topological polar surface area (TPSA) is 65.5 Å². The van der Waals surface area contributed by atoms with Crippen molar-refractivity contribution in [3.8, 4) is 0 Å². The number of nitrogens with zero attached hydrogens (tertiary/aromatic N) is 2. The van der Waals surface area contributed by atoms with E-state index in [1.807, 2.05) is 42.5 Å². The largest absolute Gasteiger partial charge is 0.392 e. The minimum absolute atomic E-state index is 0.240. The number of pyridine rings is 1. The van der Waals surface area contributed by atoms with Gasteiger partial charge in [-0.2, -0.15) is 0 Å². The Morgan fingerprint density at radius 1 is 1.18 bits per heavy atom. The fourth-order valence-electron chi connectivity index (χ4n) is 3.60. The second-order valence-corrected chi connectivity index (χ2v) is 7.54. The zero-order valence-electron chi connectivity index (χ0n) is 15.4. The summed E-state index contributed by atoms with van der Waals surface area (Å²) >= 11 is 6.31. The number of hydrogen-bond donors (Lipinski definition) is 2. The van der Waals surface area contributed by atoms with Crippen molar-refractivity contribution in [3.05, 3.63) is 76.4 Å². The number of aromatic nitrogens is 1. The van der Waals surface area contributed by atoms with Crippen LogP contribution in [0.25, 0.3) is 10.9 Å². The highest BCUT2D eigenvalue weighted by Crippen LogP contribution is 2.23. The van der Waals surface area contributed by atoms with Crippen LogP contribution in [-0.2, 0) is 13.1 Å². The molecule has 0 radical (unpaired) electrons. The lowest BCUT2D eigenvalue weighted by atomic mass is 10.1. The minimum atomic E-state index is -0.251. The van der Waals surface area contributed by atoms with Gasteiger partial charge in [-0.1, -0.05) is 54.1 Å². The number of carbonyl (C=O) groups is 1. The van der Waals surface area contributed by atoms with Gasteiger partial charge >= 0.3 is 0 Å². The Balaban J connectivity index is 1.47. The number of nitrogens with one attached hydrogen (secondary N) is 1. The van der Waals surface area contributed by atoms with Crippen LogP contribution in [0.2, 0.25) is 5.02 Å². The number of carbonyl (C=O) groups excluding carboxylic acids is 1. The average molecular weight is 396 g/mol. The standard InChI is InChI=1S/C22H22ClN3O2/c23-19-11-21(25-20-8-4-3-7-18(19)20)22(28)24-12-15-5-1-2-6-16(15)13-26-10-9-17(27)14-26/h1-8,11,17,27H,9-10,12-14H2,(H,24,28)/t17-/m0/s1. The van der Waals surface area contributed by atoms with Crippen LogP contribution in [0.15, 0.2) is 54.6 Å². The highest BCUT2D eigenvalue weighted by Gasteiger charge is 2.21. The highest BCUT2D eigenvalue weighted by atomic mass is 35.5. The van der Waals surface area contributed by atoms with Crippen molar-refractivity contribution in [3.63, 3.8) is 0 Å². The van der Waals surface area contributed by atoms with E-state index in [2.05, 4.69) is 21.3 Å². The third kappa shape index (κ3) is 4.17. The first-order valence-corrected chi connectivity index (χ1v) is 9.78. The third-order valence-corrected chi connectivity index (χ3v) is 5.41. The lowest BCUT2D eigenvalue weighted by Gasteiger charge is -2.18. The number of aliphatic hydroxyl groups excluding tert-OH is 1. The van der Waals surface area contributed by atoms with Crippen LogP contribution < -0.4 is 5.32 Å². The SMILES string of the molecule is O=C(NCc1ccccc1CN1CC[C@H](O)C1)c1cc(Cl)c2ccccc2n1. The van der Waals surface area contributed by atoms with E-state index in [0.29, 0.717) is 29.3 Å². The normalized spacial score (nSPS) is 17.1. The molecule has 28 heavy (non-hydrogen) atoms. The van der Waals surface area contributed by atoms with Crippen molar-refractivity contribution < 1.29 is 9.90 Å². The summed E-state index contributed by atoms with van der Waals surface area (Å²) in [5.74, 6) is -0.251. The van der Waals surface area contributed by atoms with Crippen molar-refractivity contribution in [1.82, 2.24) is 15.2 Å². The van der Waals surface area contributed by atoms with Crippen LogP contribution >= 0.6 is 11.6 Å². The molecular weight excluding hydrogens is 374 g/mol. The van der Waals surface area contributed by atoms with Crippen LogP contribution in [-0.4, -0.2) is 40.1 Å². The van der Waals surface area contributed by atoms with Crippen molar-refractivity contribution in [1.29, 1.82) is 0 Å². The number of hydrogen-bond acceptors (Lipinski definition) is 4. The van der Waals surface area contributed by atoms with Crippen molar-refractivity contribution in [2.24, 2.45) is 0 Å². The van der Waals surface area contributed by atoms with Crippen molar-refractivity contribution in [2.75, 3.05) is 13.1 Å². The summed E-state index contributed by atoms with van der Waals surface area (Å²) in [5, 5.41) is 14.0. The van der Waals surface area contributed by atoms with Crippen LogP contribution in [0.4, 0.5) is 0 Å². The Morgan fingerprint density at radius 2 is 1.93 bits per heavy atom. The van der Waals surface area contributed by atoms with Crippen LogP contribution in [0.1, 0.15) is 28.0 Å². The molecule has 1 amide bonds. The molecule has 0 saturated carbocycles. The Kier molecular flexibility index (Phi) is 5.57. The predicted molar refractivity (Wildman–Crippen MR) is 110 cm³/mol. The number of halogens is 1. The average Bonchev–Trinajstić information content (AvgIpc) is 3.11. The van der Waals surface area contributed by atoms with Gasteiger partial charge in [0.1, 0.15) is 5.69 Å². The van der Waals surface area contributed by atoms with E-state index in [0.717, 1.165) is 36.0 Å². The van der Waals surface area contributed by atoms with Gasteiger partial charge in [-0.15, -0.1) is 0 Å². The highest BCUT2D eigenvalue weighted by molar-refractivity contribution is 6.35. The molecule has 1 aliphatic rings. The molecule has 4 rings (SSSR count). The van der Waals surface area contributed by atoms with Gasteiger partial charge in [-0.05, 0) is 29.7 Å². The maximum Gasteiger partial charge on any atom is 0.270 e. The molecule has 2 N–H and O–H groups in total. The lowest BCUT2D eigenvalue weighted by molar-refractivity contribution is 0.0946. The zero-order valence-corrected chi connectivity index (χ0v) is 16.2. The molecule has 1 aromatic heterocycles. The first kappa shape index (κ1) is 18.9. The van der Waals surface area contributed by atoms with Gasteiger partial charge in [0.15, 0.2) is 0 Å². The molecule has 2 aromatic carbocycles. The fourth-order valence-corrected chi connectivity index (χ4v) is 3.86. The molecule has 1 atom stereocenters. The number of para-hydroxylation sites is 1. The molecule has 2 heterocycles. The molecule has 0 unspecified atom stereocenters. The molecule has 0 spiro atoms. The molecule has 1 saturated heterocycles. The van der Waals surface area contributed by atoms with E-state index in [4.69, 9.17) is 11.6 Å². The maximum absolute atomic E-state index is 12.6. The van der Waals surface area contributed by atoms with Gasteiger partial charge in [0.2, 0.25) is 0 Å². The molecule has 3 aromatic rings. The summed E-state index contributed by atoms with van der Waals surface area (Å²) in [6.45, 7) is 2.77. The van der Waals surface area contributed by atoms with Gasteiger partial charge in [0.05, 0.1) is 16.6 Å². The molecule has 1 fully saturated rings. The number of benzene rings is 2. The summed E-state index contributed by atoms with van der Waals surface area (Å²) in [6, 6.07) is 17.2. The summed E-state index contributed by atoms with van der Waals surface area (Å²) in [5.41, 5.74) is 3.22. The van der Waals surface area contributed by atoms with Crippen LogP contribution in [0.3, 0.4) is 0 Å². The quantitative estimate of drug-likeness (QED) is 0.695. The molecule has 1 aliphatic heterocycles. The Bertz CT molecular complexity index is 1010. The lowest BCUT2D eigenvalue weighted by Crippen LogP contribution is -2.26.